The number of aliphatic hydroxyl groups excluding tert-OH is 1. The Morgan fingerprint density at radius 2 is 1.91 bits per heavy atom. The van der Waals surface area contributed by atoms with Crippen molar-refractivity contribution in [2.24, 2.45) is 0 Å². The molecule has 124 valence electrons. The average Bonchev–Trinajstić information content (AvgIpc) is 2.96. The molecule has 0 saturated heterocycles. The van der Waals surface area contributed by atoms with Gasteiger partial charge in [-0.1, -0.05) is 31.4 Å². The summed E-state index contributed by atoms with van der Waals surface area (Å²) in [6, 6.07) is 10.6. The maximum Gasteiger partial charge on any atom is 0.130 e. The lowest BCUT2D eigenvalue weighted by Crippen LogP contribution is -2.17. The molecule has 1 heterocycles. The fourth-order valence-corrected chi connectivity index (χ4v) is 3.36. The number of hydrogen-bond donors (Lipinski definition) is 1. The summed E-state index contributed by atoms with van der Waals surface area (Å²) in [6.45, 7) is 2.78. The Bertz CT molecular complexity index is 613. The molecule has 1 aliphatic carbocycles. The molecular weight excluding hydrogens is 288 g/mol. The predicted molar refractivity (Wildman–Crippen MR) is 90.6 cm³/mol. The summed E-state index contributed by atoms with van der Waals surface area (Å²) in [7, 11) is 0. The van der Waals surface area contributed by atoms with E-state index in [1.54, 1.807) is 0 Å². The van der Waals surface area contributed by atoms with Crippen LogP contribution in [0.1, 0.15) is 55.1 Å². The van der Waals surface area contributed by atoms with E-state index in [1.165, 1.54) is 32.1 Å². The van der Waals surface area contributed by atoms with Gasteiger partial charge in [-0.3, -0.25) is 4.68 Å². The zero-order chi connectivity index (χ0) is 16.1. The van der Waals surface area contributed by atoms with E-state index in [1.807, 2.05) is 31.2 Å². The van der Waals surface area contributed by atoms with Gasteiger partial charge in [0.15, 0.2) is 0 Å². The molecule has 0 radical (unpaired) electrons. The molecule has 0 bridgehead atoms. The van der Waals surface area contributed by atoms with Crippen LogP contribution in [-0.4, -0.2) is 21.5 Å². The molecule has 1 aliphatic rings. The van der Waals surface area contributed by atoms with Crippen LogP contribution in [-0.2, 0) is 13.0 Å². The summed E-state index contributed by atoms with van der Waals surface area (Å²) in [5.41, 5.74) is 3.35. The van der Waals surface area contributed by atoms with E-state index in [4.69, 9.17) is 14.9 Å². The molecule has 1 aromatic carbocycles. The monoisotopic (exact) mass is 314 g/mol. The molecule has 4 nitrogen and oxygen atoms in total. The Balaban J connectivity index is 1.65. The van der Waals surface area contributed by atoms with Crippen LogP contribution in [0.15, 0.2) is 30.3 Å². The third kappa shape index (κ3) is 4.14. The summed E-state index contributed by atoms with van der Waals surface area (Å²) < 4.78 is 8.14. The van der Waals surface area contributed by atoms with Crippen LogP contribution < -0.4 is 4.74 Å². The molecule has 1 fully saturated rings. The first-order valence-electron chi connectivity index (χ1n) is 8.64. The minimum atomic E-state index is 0.181. The molecule has 0 atom stereocenters. The van der Waals surface area contributed by atoms with Gasteiger partial charge in [0, 0.05) is 6.61 Å². The Hall–Kier alpha value is -1.81. The number of benzene rings is 1. The van der Waals surface area contributed by atoms with Gasteiger partial charge in [-0.25, -0.2) is 0 Å². The maximum atomic E-state index is 8.96. The number of aryl methyl sites for hydroxylation is 1. The first-order chi connectivity index (χ1) is 11.3. The molecule has 2 aromatic rings. The van der Waals surface area contributed by atoms with E-state index in [2.05, 4.69) is 10.7 Å². The van der Waals surface area contributed by atoms with Gasteiger partial charge in [-0.15, -0.1) is 0 Å². The summed E-state index contributed by atoms with van der Waals surface area (Å²) in [6.07, 6.45) is 7.09. The Morgan fingerprint density at radius 1 is 1.17 bits per heavy atom. The third-order valence-electron chi connectivity index (χ3n) is 4.57. The number of ether oxygens (including phenoxy) is 1. The van der Waals surface area contributed by atoms with Crippen LogP contribution in [0, 0.1) is 6.92 Å². The van der Waals surface area contributed by atoms with Gasteiger partial charge in [0.1, 0.15) is 12.4 Å². The second kappa shape index (κ2) is 7.64. The molecule has 4 heteroatoms. The van der Waals surface area contributed by atoms with Crippen LogP contribution >= 0.6 is 0 Å². The van der Waals surface area contributed by atoms with Crippen LogP contribution in [0.4, 0.5) is 0 Å². The zero-order valence-corrected chi connectivity index (χ0v) is 13.9. The van der Waals surface area contributed by atoms with E-state index < -0.39 is 0 Å². The van der Waals surface area contributed by atoms with Crippen LogP contribution in [0.2, 0.25) is 0 Å². The highest BCUT2D eigenvalue weighted by Gasteiger charge is 2.19. The molecule has 1 saturated carbocycles. The lowest BCUT2D eigenvalue weighted by atomic mass is 9.95. The van der Waals surface area contributed by atoms with Crippen molar-refractivity contribution in [2.45, 2.75) is 58.1 Å². The Morgan fingerprint density at radius 3 is 2.61 bits per heavy atom. The summed E-state index contributed by atoms with van der Waals surface area (Å²) >= 11 is 0. The number of aliphatic hydroxyl groups is 1. The summed E-state index contributed by atoms with van der Waals surface area (Å²) in [5, 5.41) is 13.7. The van der Waals surface area contributed by atoms with Crippen molar-refractivity contribution < 1.29 is 9.84 Å². The zero-order valence-electron chi connectivity index (χ0n) is 13.9. The molecule has 3 rings (SSSR count). The van der Waals surface area contributed by atoms with Crippen molar-refractivity contribution in [1.29, 1.82) is 0 Å². The maximum absolute atomic E-state index is 8.96. The smallest absolute Gasteiger partial charge is 0.130 e. The summed E-state index contributed by atoms with van der Waals surface area (Å²) in [5.74, 6) is 0.862. The highest BCUT2D eigenvalue weighted by molar-refractivity contribution is 5.27. The molecule has 23 heavy (non-hydrogen) atoms. The molecule has 0 amide bonds. The van der Waals surface area contributed by atoms with Gasteiger partial charge >= 0.3 is 0 Å². The molecule has 1 aromatic heterocycles. The van der Waals surface area contributed by atoms with Crippen molar-refractivity contribution in [3.63, 3.8) is 0 Å². The Labute approximate surface area is 138 Å². The van der Waals surface area contributed by atoms with E-state index in [9.17, 15) is 0 Å². The lowest BCUT2D eigenvalue weighted by Gasteiger charge is -2.24. The second-order valence-electron chi connectivity index (χ2n) is 6.42. The number of nitrogens with zero attached hydrogens (tertiary/aromatic N) is 2. The first-order valence-corrected chi connectivity index (χ1v) is 8.64. The number of hydrogen-bond acceptors (Lipinski definition) is 3. The molecule has 0 spiro atoms. The fraction of sp³-hybridized carbons (Fsp3) is 0.526. The number of rotatable bonds is 6. The SMILES string of the molecule is Cc1cc(COc2ccc(CCO)cc2)n(C2CCCCC2)n1. The van der Waals surface area contributed by atoms with Crippen LogP contribution in [0.25, 0.3) is 0 Å². The van der Waals surface area contributed by atoms with Crippen molar-refractivity contribution in [3.8, 4) is 5.75 Å². The van der Waals surface area contributed by atoms with E-state index in [0.717, 1.165) is 22.7 Å². The topological polar surface area (TPSA) is 47.3 Å². The van der Waals surface area contributed by atoms with Crippen molar-refractivity contribution in [1.82, 2.24) is 9.78 Å². The third-order valence-corrected chi connectivity index (χ3v) is 4.57. The second-order valence-corrected chi connectivity index (χ2v) is 6.42. The van der Waals surface area contributed by atoms with Crippen LogP contribution in [0.5, 0.6) is 5.75 Å². The minimum Gasteiger partial charge on any atom is -0.487 e. The molecular formula is C19H26N2O2. The molecule has 1 N–H and O–H groups in total. The Kier molecular flexibility index (Phi) is 5.34. The normalized spacial score (nSPS) is 15.7. The van der Waals surface area contributed by atoms with Gasteiger partial charge in [0.2, 0.25) is 0 Å². The van der Waals surface area contributed by atoms with E-state index in [0.29, 0.717) is 19.1 Å². The summed E-state index contributed by atoms with van der Waals surface area (Å²) in [4.78, 5) is 0. The van der Waals surface area contributed by atoms with Crippen LogP contribution in [0.3, 0.4) is 0 Å². The molecule has 0 unspecified atom stereocenters. The standard InChI is InChI=1S/C19H26N2O2/c1-15-13-18(21(20-15)17-5-3-2-4-6-17)14-23-19-9-7-16(8-10-19)11-12-22/h7-10,13,17,22H,2-6,11-12,14H2,1H3. The minimum absolute atomic E-state index is 0.181. The fourth-order valence-electron chi connectivity index (χ4n) is 3.36. The van der Waals surface area contributed by atoms with Gasteiger partial charge in [0.25, 0.3) is 0 Å². The van der Waals surface area contributed by atoms with Gasteiger partial charge in [0.05, 0.1) is 17.4 Å². The lowest BCUT2D eigenvalue weighted by molar-refractivity contribution is 0.265. The quantitative estimate of drug-likeness (QED) is 0.882. The van der Waals surface area contributed by atoms with E-state index in [-0.39, 0.29) is 6.61 Å². The first kappa shape index (κ1) is 16.1. The predicted octanol–water partition coefficient (Wildman–Crippen LogP) is 3.81. The van der Waals surface area contributed by atoms with Gasteiger partial charge in [-0.05, 0) is 49.9 Å². The average molecular weight is 314 g/mol. The van der Waals surface area contributed by atoms with Crippen molar-refractivity contribution in [2.75, 3.05) is 6.61 Å². The van der Waals surface area contributed by atoms with Gasteiger partial charge in [-0.2, -0.15) is 5.10 Å². The largest absolute Gasteiger partial charge is 0.487 e. The highest BCUT2D eigenvalue weighted by Crippen LogP contribution is 2.29. The number of aromatic nitrogens is 2. The van der Waals surface area contributed by atoms with Crippen molar-refractivity contribution >= 4 is 0 Å². The van der Waals surface area contributed by atoms with Gasteiger partial charge < -0.3 is 9.84 Å². The van der Waals surface area contributed by atoms with Crippen molar-refractivity contribution in [3.05, 3.63) is 47.3 Å². The molecule has 0 aliphatic heterocycles. The highest BCUT2D eigenvalue weighted by atomic mass is 16.5. The van der Waals surface area contributed by atoms with E-state index >= 15 is 0 Å².